The molecule has 1 saturated carbocycles. The molecule has 3 heteroatoms. The molecule has 3 aliphatic rings. The first-order chi connectivity index (χ1) is 7.81. The van der Waals surface area contributed by atoms with E-state index >= 15 is 0 Å². The Morgan fingerprint density at radius 3 is 2.31 bits per heavy atom. The van der Waals surface area contributed by atoms with Crippen molar-refractivity contribution < 1.29 is 0 Å². The number of hydrogen-bond donors (Lipinski definition) is 1. The fraction of sp³-hybridized carbons (Fsp3) is 1.00. The van der Waals surface area contributed by atoms with Crippen molar-refractivity contribution in [2.24, 2.45) is 17.8 Å². The summed E-state index contributed by atoms with van der Waals surface area (Å²) < 4.78 is 0. The highest BCUT2D eigenvalue weighted by molar-refractivity contribution is 4.92. The van der Waals surface area contributed by atoms with Gasteiger partial charge in [0.15, 0.2) is 0 Å². The molecule has 2 atom stereocenters. The van der Waals surface area contributed by atoms with Gasteiger partial charge >= 0.3 is 0 Å². The van der Waals surface area contributed by atoms with Crippen LogP contribution in [0.5, 0.6) is 0 Å². The average molecular weight is 223 g/mol. The standard InChI is InChI=1S/C13H25N3/c1-15-9-12-6-11(7-13(12)10-15)8-16-4-2-14-3-5-16/h11-14H,2-10H2,1H3. The van der Waals surface area contributed by atoms with Gasteiger partial charge in [-0.05, 0) is 37.6 Å². The summed E-state index contributed by atoms with van der Waals surface area (Å²) in [6, 6.07) is 0. The summed E-state index contributed by atoms with van der Waals surface area (Å²) in [5.41, 5.74) is 0. The van der Waals surface area contributed by atoms with E-state index in [2.05, 4.69) is 22.2 Å². The highest BCUT2D eigenvalue weighted by atomic mass is 15.2. The van der Waals surface area contributed by atoms with Crippen LogP contribution in [-0.2, 0) is 0 Å². The van der Waals surface area contributed by atoms with Crippen molar-refractivity contribution in [1.29, 1.82) is 0 Å². The Hall–Kier alpha value is -0.120. The van der Waals surface area contributed by atoms with Gasteiger partial charge in [0.25, 0.3) is 0 Å². The second kappa shape index (κ2) is 4.63. The minimum Gasteiger partial charge on any atom is -0.314 e. The van der Waals surface area contributed by atoms with Gasteiger partial charge in [-0.3, -0.25) is 0 Å². The Morgan fingerprint density at radius 1 is 1.06 bits per heavy atom. The molecular weight excluding hydrogens is 198 g/mol. The number of piperazine rings is 1. The van der Waals surface area contributed by atoms with E-state index in [1.54, 1.807) is 0 Å². The molecule has 2 unspecified atom stereocenters. The normalized spacial score (nSPS) is 41.4. The predicted molar refractivity (Wildman–Crippen MR) is 66.5 cm³/mol. The number of rotatable bonds is 2. The van der Waals surface area contributed by atoms with E-state index in [-0.39, 0.29) is 0 Å². The number of nitrogens with zero attached hydrogens (tertiary/aromatic N) is 2. The summed E-state index contributed by atoms with van der Waals surface area (Å²) in [6.45, 7) is 9.03. The van der Waals surface area contributed by atoms with Crippen LogP contribution in [0.3, 0.4) is 0 Å². The third kappa shape index (κ3) is 2.27. The largest absolute Gasteiger partial charge is 0.314 e. The summed E-state index contributed by atoms with van der Waals surface area (Å²) in [5.74, 6) is 3.05. The van der Waals surface area contributed by atoms with Gasteiger partial charge in [0.1, 0.15) is 0 Å². The fourth-order valence-electron chi connectivity index (χ4n) is 4.07. The zero-order chi connectivity index (χ0) is 11.0. The third-order valence-corrected chi connectivity index (χ3v) is 4.76. The Morgan fingerprint density at radius 2 is 1.69 bits per heavy atom. The number of fused-ring (bicyclic) bond motifs is 1. The lowest BCUT2D eigenvalue weighted by Gasteiger charge is -2.30. The van der Waals surface area contributed by atoms with E-state index in [1.807, 2.05) is 0 Å². The van der Waals surface area contributed by atoms with E-state index in [1.165, 1.54) is 58.7 Å². The van der Waals surface area contributed by atoms with Crippen LogP contribution in [-0.4, -0.2) is 62.7 Å². The average Bonchev–Trinajstić information content (AvgIpc) is 2.76. The first-order valence-electron chi connectivity index (χ1n) is 6.93. The lowest BCUT2D eigenvalue weighted by atomic mass is 10.0. The van der Waals surface area contributed by atoms with Gasteiger partial charge in [-0.2, -0.15) is 0 Å². The topological polar surface area (TPSA) is 18.5 Å². The lowest BCUT2D eigenvalue weighted by molar-refractivity contribution is 0.199. The van der Waals surface area contributed by atoms with Gasteiger partial charge in [0.2, 0.25) is 0 Å². The minimum atomic E-state index is 1.00. The summed E-state index contributed by atoms with van der Waals surface area (Å²) in [5, 5.41) is 3.44. The molecule has 0 bridgehead atoms. The van der Waals surface area contributed by atoms with Crippen molar-refractivity contribution in [2.75, 3.05) is 52.9 Å². The van der Waals surface area contributed by atoms with Crippen LogP contribution in [0.15, 0.2) is 0 Å². The maximum atomic E-state index is 3.44. The van der Waals surface area contributed by atoms with Gasteiger partial charge < -0.3 is 15.1 Å². The number of hydrogen-bond acceptors (Lipinski definition) is 3. The van der Waals surface area contributed by atoms with Crippen LogP contribution in [0.25, 0.3) is 0 Å². The molecule has 0 radical (unpaired) electrons. The SMILES string of the molecule is CN1CC2CC(CN3CCNCC3)CC2C1. The summed E-state index contributed by atoms with van der Waals surface area (Å²) in [6.07, 6.45) is 3.00. The molecule has 3 nitrogen and oxygen atoms in total. The second-order valence-electron chi connectivity index (χ2n) is 6.13. The smallest absolute Gasteiger partial charge is 0.0107 e. The van der Waals surface area contributed by atoms with Gasteiger partial charge in [0.05, 0.1) is 0 Å². The van der Waals surface area contributed by atoms with Crippen LogP contribution in [0.4, 0.5) is 0 Å². The quantitative estimate of drug-likeness (QED) is 0.734. The molecule has 92 valence electrons. The maximum Gasteiger partial charge on any atom is 0.0107 e. The van der Waals surface area contributed by atoms with Crippen molar-refractivity contribution in [3.05, 3.63) is 0 Å². The van der Waals surface area contributed by atoms with Gasteiger partial charge in [-0.15, -0.1) is 0 Å². The lowest BCUT2D eigenvalue weighted by Crippen LogP contribution is -2.45. The Kier molecular flexibility index (Phi) is 3.18. The highest BCUT2D eigenvalue weighted by Gasteiger charge is 2.39. The van der Waals surface area contributed by atoms with Crippen molar-refractivity contribution >= 4 is 0 Å². The first-order valence-corrected chi connectivity index (χ1v) is 6.93. The maximum absolute atomic E-state index is 3.44. The van der Waals surface area contributed by atoms with E-state index in [0.29, 0.717) is 0 Å². The van der Waals surface area contributed by atoms with Gasteiger partial charge in [-0.1, -0.05) is 0 Å². The van der Waals surface area contributed by atoms with Crippen molar-refractivity contribution in [2.45, 2.75) is 12.8 Å². The molecule has 0 aromatic rings. The Labute approximate surface area is 99.2 Å². The third-order valence-electron chi connectivity index (χ3n) is 4.76. The molecule has 0 aromatic heterocycles. The second-order valence-corrected chi connectivity index (χ2v) is 6.13. The van der Waals surface area contributed by atoms with Crippen LogP contribution in [0.2, 0.25) is 0 Å². The molecule has 3 fully saturated rings. The van der Waals surface area contributed by atoms with Crippen LogP contribution in [0, 0.1) is 17.8 Å². The molecule has 0 aromatic carbocycles. The zero-order valence-electron chi connectivity index (χ0n) is 10.5. The summed E-state index contributed by atoms with van der Waals surface area (Å²) in [4.78, 5) is 5.20. The zero-order valence-corrected chi connectivity index (χ0v) is 10.5. The molecule has 16 heavy (non-hydrogen) atoms. The molecule has 1 aliphatic carbocycles. The van der Waals surface area contributed by atoms with Crippen LogP contribution >= 0.6 is 0 Å². The van der Waals surface area contributed by atoms with E-state index in [4.69, 9.17) is 0 Å². The van der Waals surface area contributed by atoms with Crippen LogP contribution < -0.4 is 5.32 Å². The van der Waals surface area contributed by atoms with E-state index in [9.17, 15) is 0 Å². The Bertz CT molecular complexity index is 223. The highest BCUT2D eigenvalue weighted by Crippen LogP contribution is 2.41. The van der Waals surface area contributed by atoms with Gasteiger partial charge in [0, 0.05) is 45.8 Å². The Balaban J connectivity index is 1.47. The molecule has 1 N–H and O–H groups in total. The number of nitrogens with one attached hydrogen (secondary N) is 1. The van der Waals surface area contributed by atoms with Crippen LogP contribution in [0.1, 0.15) is 12.8 Å². The van der Waals surface area contributed by atoms with Crippen molar-refractivity contribution in [3.8, 4) is 0 Å². The molecule has 2 saturated heterocycles. The summed E-state index contributed by atoms with van der Waals surface area (Å²) in [7, 11) is 2.28. The summed E-state index contributed by atoms with van der Waals surface area (Å²) >= 11 is 0. The van der Waals surface area contributed by atoms with Crippen molar-refractivity contribution in [1.82, 2.24) is 15.1 Å². The molecule has 2 aliphatic heterocycles. The van der Waals surface area contributed by atoms with Crippen molar-refractivity contribution in [3.63, 3.8) is 0 Å². The predicted octanol–water partition coefficient (Wildman–Crippen LogP) is 0.479. The molecule has 0 spiro atoms. The van der Waals surface area contributed by atoms with E-state index < -0.39 is 0 Å². The van der Waals surface area contributed by atoms with Gasteiger partial charge in [-0.25, -0.2) is 0 Å². The molecule has 3 rings (SSSR count). The first kappa shape index (κ1) is 11.0. The monoisotopic (exact) mass is 223 g/mol. The fourth-order valence-corrected chi connectivity index (χ4v) is 4.07. The number of likely N-dealkylation sites (tertiary alicyclic amines) is 1. The molecule has 2 heterocycles. The molecular formula is C13H25N3. The molecule has 0 amide bonds. The van der Waals surface area contributed by atoms with E-state index in [0.717, 1.165) is 17.8 Å². The minimum absolute atomic E-state index is 1.00.